The van der Waals surface area contributed by atoms with E-state index in [4.69, 9.17) is 0 Å². The van der Waals surface area contributed by atoms with E-state index in [9.17, 15) is 9.18 Å². The van der Waals surface area contributed by atoms with Crippen molar-refractivity contribution in [3.63, 3.8) is 0 Å². The van der Waals surface area contributed by atoms with Crippen molar-refractivity contribution in [3.05, 3.63) is 66.1 Å². The molecule has 22 heavy (non-hydrogen) atoms. The van der Waals surface area contributed by atoms with Crippen LogP contribution in [0.4, 0.5) is 10.1 Å². The first-order chi connectivity index (χ1) is 10.7. The number of H-pyrrole nitrogens is 1. The van der Waals surface area contributed by atoms with Gasteiger partial charge in [-0.25, -0.2) is 4.39 Å². The Balaban J connectivity index is 1.71. The number of halogens is 1. The Bertz CT molecular complexity index is 850. The molecule has 1 saturated carbocycles. The van der Waals surface area contributed by atoms with Gasteiger partial charge < -0.3 is 10.3 Å². The Morgan fingerprint density at radius 3 is 2.64 bits per heavy atom. The zero-order valence-corrected chi connectivity index (χ0v) is 11.9. The Morgan fingerprint density at radius 2 is 1.91 bits per heavy atom. The van der Waals surface area contributed by atoms with E-state index in [-0.39, 0.29) is 11.7 Å². The van der Waals surface area contributed by atoms with Crippen LogP contribution in [0.3, 0.4) is 0 Å². The number of nitrogens with one attached hydrogen (secondary N) is 2. The van der Waals surface area contributed by atoms with Gasteiger partial charge in [0, 0.05) is 22.8 Å². The molecule has 0 spiro atoms. The number of fused-ring (bicyclic) bond motifs is 1. The predicted molar refractivity (Wildman–Crippen MR) is 84.2 cm³/mol. The van der Waals surface area contributed by atoms with Crippen molar-refractivity contribution < 1.29 is 9.18 Å². The molecule has 1 aromatic heterocycles. The van der Waals surface area contributed by atoms with Crippen LogP contribution in [0.15, 0.2) is 54.7 Å². The number of carbonyl (C=O) groups is 1. The lowest BCUT2D eigenvalue weighted by molar-refractivity contribution is -0.118. The van der Waals surface area contributed by atoms with Gasteiger partial charge in [0.2, 0.25) is 5.91 Å². The van der Waals surface area contributed by atoms with Gasteiger partial charge in [-0.2, -0.15) is 0 Å². The van der Waals surface area contributed by atoms with E-state index >= 15 is 0 Å². The number of aromatic amines is 1. The van der Waals surface area contributed by atoms with Gasteiger partial charge in [0.05, 0.1) is 5.41 Å². The third-order valence-corrected chi connectivity index (χ3v) is 4.38. The number of rotatable bonds is 3. The predicted octanol–water partition coefficient (Wildman–Crippen LogP) is 3.98. The molecular formula is C18H15FN2O. The van der Waals surface area contributed by atoms with Crippen LogP contribution in [0.1, 0.15) is 18.4 Å². The lowest BCUT2D eigenvalue weighted by atomic mass is 9.94. The van der Waals surface area contributed by atoms with Crippen LogP contribution >= 0.6 is 0 Å². The minimum atomic E-state index is -0.540. The van der Waals surface area contributed by atoms with E-state index in [1.807, 2.05) is 36.5 Å². The summed E-state index contributed by atoms with van der Waals surface area (Å²) in [7, 11) is 0. The SMILES string of the molecule is O=C(Nc1ccccc1)C1(c2c[nH]c3ccc(F)cc23)CC1. The largest absolute Gasteiger partial charge is 0.361 e. The molecule has 1 aliphatic rings. The molecule has 1 aliphatic carbocycles. The van der Waals surface area contributed by atoms with E-state index in [0.717, 1.165) is 35.0 Å². The monoisotopic (exact) mass is 294 g/mol. The topological polar surface area (TPSA) is 44.9 Å². The summed E-state index contributed by atoms with van der Waals surface area (Å²) in [5.41, 5.74) is 1.98. The second kappa shape index (κ2) is 4.70. The molecule has 0 radical (unpaired) electrons. The van der Waals surface area contributed by atoms with Gasteiger partial charge in [0.25, 0.3) is 0 Å². The first-order valence-electron chi connectivity index (χ1n) is 7.33. The molecule has 0 unspecified atom stereocenters. The molecule has 3 aromatic rings. The summed E-state index contributed by atoms with van der Waals surface area (Å²) in [6.07, 6.45) is 3.41. The van der Waals surface area contributed by atoms with E-state index in [0.29, 0.717) is 0 Å². The van der Waals surface area contributed by atoms with E-state index in [1.54, 1.807) is 6.07 Å². The van der Waals surface area contributed by atoms with Gasteiger partial charge in [-0.3, -0.25) is 4.79 Å². The highest BCUT2D eigenvalue weighted by atomic mass is 19.1. The number of benzene rings is 2. The number of hydrogen-bond donors (Lipinski definition) is 2. The molecule has 0 bridgehead atoms. The number of amides is 1. The van der Waals surface area contributed by atoms with E-state index in [1.165, 1.54) is 12.1 Å². The lowest BCUT2D eigenvalue weighted by Crippen LogP contribution is -2.27. The van der Waals surface area contributed by atoms with Crippen LogP contribution in [0.2, 0.25) is 0 Å². The maximum absolute atomic E-state index is 13.5. The molecule has 110 valence electrons. The number of para-hydroxylation sites is 1. The molecule has 1 heterocycles. The fraction of sp³-hybridized carbons (Fsp3) is 0.167. The number of carbonyl (C=O) groups excluding carboxylic acids is 1. The maximum atomic E-state index is 13.5. The standard InChI is InChI=1S/C18H15FN2O/c19-12-6-7-16-14(10-12)15(11-20-16)18(8-9-18)17(22)21-13-4-2-1-3-5-13/h1-7,10-11,20H,8-9H2,(H,21,22). The zero-order valence-electron chi connectivity index (χ0n) is 11.9. The smallest absolute Gasteiger partial charge is 0.235 e. The third-order valence-electron chi connectivity index (χ3n) is 4.38. The molecule has 0 aliphatic heterocycles. The summed E-state index contributed by atoms with van der Waals surface area (Å²) in [6, 6.07) is 14.0. The highest BCUT2D eigenvalue weighted by molar-refractivity contribution is 6.04. The molecule has 0 atom stereocenters. The average Bonchev–Trinajstić information content (AvgIpc) is 3.23. The maximum Gasteiger partial charge on any atom is 0.235 e. The highest BCUT2D eigenvalue weighted by Gasteiger charge is 2.52. The van der Waals surface area contributed by atoms with Crippen molar-refractivity contribution in [1.82, 2.24) is 4.98 Å². The van der Waals surface area contributed by atoms with Crippen molar-refractivity contribution in [2.45, 2.75) is 18.3 Å². The summed E-state index contributed by atoms with van der Waals surface area (Å²) in [4.78, 5) is 15.8. The molecule has 1 amide bonds. The van der Waals surface area contributed by atoms with Crippen molar-refractivity contribution in [1.29, 1.82) is 0 Å². The minimum Gasteiger partial charge on any atom is -0.361 e. The Kier molecular flexibility index (Phi) is 2.79. The van der Waals surface area contributed by atoms with Gasteiger partial charge >= 0.3 is 0 Å². The second-order valence-corrected chi connectivity index (χ2v) is 5.79. The van der Waals surface area contributed by atoms with Crippen molar-refractivity contribution >= 4 is 22.5 Å². The summed E-state index contributed by atoms with van der Waals surface area (Å²) < 4.78 is 13.5. The minimum absolute atomic E-state index is 0.0242. The number of anilines is 1. The number of aromatic nitrogens is 1. The van der Waals surface area contributed by atoms with Gasteiger partial charge in [0.1, 0.15) is 5.82 Å². The second-order valence-electron chi connectivity index (χ2n) is 5.79. The molecule has 4 heteroatoms. The summed E-state index contributed by atoms with van der Waals surface area (Å²) in [5.74, 6) is -0.309. The highest BCUT2D eigenvalue weighted by Crippen LogP contribution is 2.51. The Labute approximate surface area is 127 Å². The zero-order chi connectivity index (χ0) is 15.2. The van der Waals surface area contributed by atoms with Crippen molar-refractivity contribution in [2.75, 3.05) is 5.32 Å². The van der Waals surface area contributed by atoms with Crippen LogP contribution in [-0.4, -0.2) is 10.9 Å². The van der Waals surface area contributed by atoms with Crippen LogP contribution < -0.4 is 5.32 Å². The van der Waals surface area contributed by atoms with Crippen molar-refractivity contribution in [2.24, 2.45) is 0 Å². The normalized spacial score (nSPS) is 15.7. The molecule has 0 saturated heterocycles. The van der Waals surface area contributed by atoms with Gasteiger partial charge in [-0.1, -0.05) is 18.2 Å². The van der Waals surface area contributed by atoms with Gasteiger partial charge in [0.15, 0.2) is 0 Å². The summed E-state index contributed by atoms with van der Waals surface area (Å²) in [6.45, 7) is 0. The van der Waals surface area contributed by atoms with Gasteiger partial charge in [-0.15, -0.1) is 0 Å². The Morgan fingerprint density at radius 1 is 1.14 bits per heavy atom. The van der Waals surface area contributed by atoms with E-state index in [2.05, 4.69) is 10.3 Å². The van der Waals surface area contributed by atoms with E-state index < -0.39 is 5.41 Å². The molecule has 3 nitrogen and oxygen atoms in total. The summed E-state index contributed by atoms with van der Waals surface area (Å²) >= 11 is 0. The Hall–Kier alpha value is -2.62. The lowest BCUT2D eigenvalue weighted by Gasteiger charge is -2.15. The first kappa shape index (κ1) is 13.1. The summed E-state index contributed by atoms with van der Waals surface area (Å²) in [5, 5.41) is 3.76. The fourth-order valence-electron chi connectivity index (χ4n) is 3.00. The van der Waals surface area contributed by atoms with Crippen LogP contribution in [0, 0.1) is 5.82 Å². The quantitative estimate of drug-likeness (QED) is 0.754. The molecule has 2 N–H and O–H groups in total. The van der Waals surface area contributed by atoms with Crippen LogP contribution in [0.5, 0.6) is 0 Å². The molecular weight excluding hydrogens is 279 g/mol. The van der Waals surface area contributed by atoms with Crippen LogP contribution in [-0.2, 0) is 10.2 Å². The fourth-order valence-corrected chi connectivity index (χ4v) is 3.00. The molecule has 1 fully saturated rings. The third kappa shape index (κ3) is 1.99. The van der Waals surface area contributed by atoms with Gasteiger partial charge in [-0.05, 0) is 48.7 Å². The van der Waals surface area contributed by atoms with Crippen LogP contribution in [0.25, 0.3) is 10.9 Å². The molecule has 2 aromatic carbocycles. The number of hydrogen-bond acceptors (Lipinski definition) is 1. The average molecular weight is 294 g/mol. The first-order valence-corrected chi connectivity index (χ1v) is 7.33. The molecule has 4 rings (SSSR count). The van der Waals surface area contributed by atoms with Crippen molar-refractivity contribution in [3.8, 4) is 0 Å².